The fourth-order valence-electron chi connectivity index (χ4n) is 3.73. The van der Waals surface area contributed by atoms with Gasteiger partial charge >= 0.3 is 0 Å². The van der Waals surface area contributed by atoms with Crippen molar-refractivity contribution in [1.82, 2.24) is 4.57 Å². The third-order valence-corrected chi connectivity index (χ3v) is 5.06. The highest BCUT2D eigenvalue weighted by molar-refractivity contribution is 5.93. The van der Waals surface area contributed by atoms with Crippen molar-refractivity contribution in [3.8, 4) is 0 Å². The topological polar surface area (TPSA) is 23.4 Å². The Morgan fingerprint density at radius 3 is 2.73 bits per heavy atom. The van der Waals surface area contributed by atoms with Crippen molar-refractivity contribution < 1.29 is 9.47 Å². The number of fused-ring (bicyclic) bond motifs is 1. The Kier molecular flexibility index (Phi) is 3.35. The van der Waals surface area contributed by atoms with E-state index in [-0.39, 0.29) is 5.79 Å². The number of aryl methyl sites for hydroxylation is 2. The fraction of sp³-hybridized carbons (Fsp3) is 0.474. The van der Waals surface area contributed by atoms with E-state index >= 15 is 0 Å². The Hall–Kier alpha value is -1.58. The summed E-state index contributed by atoms with van der Waals surface area (Å²) < 4.78 is 13.9. The monoisotopic (exact) mass is 297 g/mol. The summed E-state index contributed by atoms with van der Waals surface area (Å²) in [6.45, 7) is 3.68. The molecule has 3 heteroatoms. The van der Waals surface area contributed by atoms with Crippen LogP contribution in [0.1, 0.15) is 37.3 Å². The average Bonchev–Trinajstić information content (AvgIpc) is 3.13. The first-order valence-electron chi connectivity index (χ1n) is 8.26. The Labute approximate surface area is 131 Å². The number of benzene rings is 1. The zero-order chi connectivity index (χ0) is 15.2. The molecule has 0 atom stereocenters. The van der Waals surface area contributed by atoms with Gasteiger partial charge in [-0.15, -0.1) is 0 Å². The third kappa shape index (κ3) is 2.20. The van der Waals surface area contributed by atoms with Gasteiger partial charge in [0, 0.05) is 42.6 Å². The lowest BCUT2D eigenvalue weighted by molar-refractivity contribution is -0.159. The van der Waals surface area contributed by atoms with Crippen LogP contribution in [-0.4, -0.2) is 23.6 Å². The summed E-state index contributed by atoms with van der Waals surface area (Å²) >= 11 is 0. The van der Waals surface area contributed by atoms with Gasteiger partial charge in [-0.05, 0) is 36.1 Å². The van der Waals surface area contributed by atoms with Crippen LogP contribution >= 0.6 is 0 Å². The lowest BCUT2D eigenvalue weighted by Crippen LogP contribution is -2.31. The van der Waals surface area contributed by atoms with Gasteiger partial charge in [0.2, 0.25) is 0 Å². The van der Waals surface area contributed by atoms with Gasteiger partial charge in [-0.3, -0.25) is 0 Å². The number of rotatable bonds is 2. The van der Waals surface area contributed by atoms with Gasteiger partial charge in [0.15, 0.2) is 5.79 Å². The molecule has 22 heavy (non-hydrogen) atoms. The largest absolute Gasteiger partial charge is 0.350 e. The minimum atomic E-state index is -0.331. The highest BCUT2D eigenvalue weighted by atomic mass is 16.7. The van der Waals surface area contributed by atoms with Gasteiger partial charge in [-0.1, -0.05) is 19.1 Å². The number of nitrogens with zero attached hydrogens (tertiary/aromatic N) is 1. The Morgan fingerprint density at radius 2 is 2.05 bits per heavy atom. The highest BCUT2D eigenvalue weighted by Gasteiger charge is 2.37. The molecule has 0 amide bonds. The summed E-state index contributed by atoms with van der Waals surface area (Å²) in [5.41, 5.74) is 5.52. The molecular formula is C19H23NO2. The van der Waals surface area contributed by atoms with Gasteiger partial charge < -0.3 is 14.0 Å². The summed E-state index contributed by atoms with van der Waals surface area (Å²) in [5, 5.41) is 1.37. The molecule has 0 N–H and O–H groups in total. The Morgan fingerprint density at radius 1 is 1.23 bits per heavy atom. The molecule has 116 valence electrons. The van der Waals surface area contributed by atoms with Crippen molar-refractivity contribution in [2.24, 2.45) is 7.05 Å². The molecule has 1 aliphatic heterocycles. The van der Waals surface area contributed by atoms with Gasteiger partial charge in [-0.25, -0.2) is 0 Å². The molecular weight excluding hydrogens is 274 g/mol. The van der Waals surface area contributed by atoms with E-state index in [0.29, 0.717) is 0 Å². The quantitative estimate of drug-likeness (QED) is 0.835. The van der Waals surface area contributed by atoms with E-state index in [2.05, 4.69) is 49.0 Å². The van der Waals surface area contributed by atoms with Crippen LogP contribution in [0.2, 0.25) is 0 Å². The van der Waals surface area contributed by atoms with Crippen LogP contribution in [0.25, 0.3) is 16.5 Å². The molecule has 3 nitrogen and oxygen atoms in total. The minimum absolute atomic E-state index is 0.331. The molecule has 1 aromatic heterocycles. The molecule has 1 fully saturated rings. The summed E-state index contributed by atoms with van der Waals surface area (Å²) in [4.78, 5) is 0. The SMILES string of the molecule is CCc1ccc2c(c1)c(C1=CCC3(CC1)OCCO3)cn2C. The van der Waals surface area contributed by atoms with Crippen molar-refractivity contribution in [3.63, 3.8) is 0 Å². The van der Waals surface area contributed by atoms with Crippen LogP contribution in [0.15, 0.2) is 30.5 Å². The first-order valence-corrected chi connectivity index (χ1v) is 8.26. The zero-order valence-electron chi connectivity index (χ0n) is 13.4. The second kappa shape index (κ2) is 5.25. The first kappa shape index (κ1) is 14.0. The molecule has 2 aliphatic rings. The lowest BCUT2D eigenvalue weighted by atomic mass is 9.89. The molecule has 0 bridgehead atoms. The average molecular weight is 297 g/mol. The second-order valence-electron chi connectivity index (χ2n) is 6.40. The molecule has 0 radical (unpaired) electrons. The normalized spacial score (nSPS) is 20.7. The minimum Gasteiger partial charge on any atom is -0.350 e. The van der Waals surface area contributed by atoms with E-state index < -0.39 is 0 Å². The number of hydrogen-bond donors (Lipinski definition) is 0. The fourth-order valence-corrected chi connectivity index (χ4v) is 3.73. The van der Waals surface area contributed by atoms with E-state index in [1.54, 1.807) is 0 Å². The number of allylic oxidation sites excluding steroid dienone is 1. The summed E-state index contributed by atoms with van der Waals surface area (Å²) in [6, 6.07) is 6.82. The van der Waals surface area contributed by atoms with Gasteiger partial charge in [0.25, 0.3) is 0 Å². The van der Waals surface area contributed by atoms with Crippen molar-refractivity contribution in [2.75, 3.05) is 13.2 Å². The zero-order valence-corrected chi connectivity index (χ0v) is 13.4. The lowest BCUT2D eigenvalue weighted by Gasteiger charge is -2.30. The summed E-state index contributed by atoms with van der Waals surface area (Å²) in [6.07, 6.45) is 8.52. The van der Waals surface area contributed by atoms with Crippen LogP contribution in [0.3, 0.4) is 0 Å². The van der Waals surface area contributed by atoms with E-state index in [1.807, 2.05) is 0 Å². The predicted molar refractivity (Wildman–Crippen MR) is 88.8 cm³/mol. The first-order chi connectivity index (χ1) is 10.7. The van der Waals surface area contributed by atoms with Crippen molar-refractivity contribution in [3.05, 3.63) is 41.6 Å². The molecule has 1 spiro atoms. The van der Waals surface area contributed by atoms with Crippen LogP contribution < -0.4 is 0 Å². The molecule has 0 saturated carbocycles. The summed E-state index contributed by atoms with van der Waals surface area (Å²) in [7, 11) is 2.13. The van der Waals surface area contributed by atoms with E-state index in [4.69, 9.17) is 9.47 Å². The smallest absolute Gasteiger partial charge is 0.172 e. The van der Waals surface area contributed by atoms with Crippen LogP contribution in [0.5, 0.6) is 0 Å². The standard InChI is InChI=1S/C19H23NO2/c1-3-14-4-5-18-16(12-14)17(13-20(18)2)15-6-8-19(9-7-15)21-10-11-22-19/h4-6,12-13H,3,7-11H2,1-2H3. The van der Waals surface area contributed by atoms with Crippen LogP contribution in [0.4, 0.5) is 0 Å². The molecule has 0 unspecified atom stereocenters. The van der Waals surface area contributed by atoms with Gasteiger partial charge in [0.1, 0.15) is 0 Å². The third-order valence-electron chi connectivity index (χ3n) is 5.06. The molecule has 1 aromatic carbocycles. The van der Waals surface area contributed by atoms with Gasteiger partial charge in [0.05, 0.1) is 13.2 Å². The second-order valence-corrected chi connectivity index (χ2v) is 6.40. The van der Waals surface area contributed by atoms with Crippen LogP contribution in [0, 0.1) is 0 Å². The predicted octanol–water partition coefficient (Wildman–Crippen LogP) is 4.05. The van der Waals surface area contributed by atoms with E-state index in [1.165, 1.54) is 27.6 Å². The molecule has 2 aromatic rings. The van der Waals surface area contributed by atoms with Crippen molar-refractivity contribution in [2.45, 2.75) is 38.4 Å². The van der Waals surface area contributed by atoms with Crippen LogP contribution in [-0.2, 0) is 22.9 Å². The number of hydrogen-bond acceptors (Lipinski definition) is 2. The summed E-state index contributed by atoms with van der Waals surface area (Å²) in [5.74, 6) is -0.331. The maximum atomic E-state index is 5.82. The van der Waals surface area contributed by atoms with Gasteiger partial charge in [-0.2, -0.15) is 0 Å². The maximum absolute atomic E-state index is 5.82. The number of ether oxygens (including phenoxy) is 2. The molecule has 4 rings (SSSR count). The van der Waals surface area contributed by atoms with Crippen molar-refractivity contribution >= 4 is 16.5 Å². The molecule has 2 heterocycles. The Balaban J connectivity index is 1.73. The maximum Gasteiger partial charge on any atom is 0.172 e. The van der Waals surface area contributed by atoms with Crippen molar-refractivity contribution in [1.29, 1.82) is 0 Å². The Bertz CT molecular complexity index is 735. The number of aromatic nitrogens is 1. The molecule has 1 saturated heterocycles. The van der Waals surface area contributed by atoms with E-state index in [0.717, 1.165) is 38.9 Å². The molecule has 1 aliphatic carbocycles. The highest BCUT2D eigenvalue weighted by Crippen LogP contribution is 2.40. The van der Waals surface area contributed by atoms with E-state index in [9.17, 15) is 0 Å².